The maximum Gasteiger partial charge on any atom is 0.345 e. The normalized spacial score (nSPS) is 16.4. The van der Waals surface area contributed by atoms with Gasteiger partial charge in [-0.2, -0.15) is 0 Å². The summed E-state index contributed by atoms with van der Waals surface area (Å²) in [5.74, 6) is -0.122. The number of fused-ring (bicyclic) bond motifs is 1. The van der Waals surface area contributed by atoms with E-state index in [1.807, 2.05) is 42.5 Å². The zero-order valence-corrected chi connectivity index (χ0v) is 17.3. The molecule has 1 heterocycles. The first-order chi connectivity index (χ1) is 13.7. The van der Waals surface area contributed by atoms with Crippen molar-refractivity contribution in [3.63, 3.8) is 0 Å². The molecule has 1 atom stereocenters. The van der Waals surface area contributed by atoms with Gasteiger partial charge >= 0.3 is 5.97 Å². The fourth-order valence-electron chi connectivity index (χ4n) is 4.11. The van der Waals surface area contributed by atoms with Crippen molar-refractivity contribution in [1.82, 2.24) is 0 Å². The second-order valence-corrected chi connectivity index (χ2v) is 8.75. The Balaban J connectivity index is 1.95. The Morgan fingerprint density at radius 2 is 1.28 bits per heavy atom. The van der Waals surface area contributed by atoms with E-state index in [0.29, 0.717) is 11.3 Å². The fourth-order valence-corrected chi connectivity index (χ4v) is 4.11. The van der Waals surface area contributed by atoms with Crippen LogP contribution in [0.2, 0.25) is 0 Å². The van der Waals surface area contributed by atoms with Crippen LogP contribution in [-0.2, 0) is 15.6 Å². The lowest BCUT2D eigenvalue weighted by atomic mass is 9.72. The molecule has 3 nitrogen and oxygen atoms in total. The van der Waals surface area contributed by atoms with Crippen LogP contribution in [0.25, 0.3) is 0 Å². The third kappa shape index (κ3) is 3.16. The van der Waals surface area contributed by atoms with Gasteiger partial charge in [0.2, 0.25) is 0 Å². The topological polar surface area (TPSA) is 46.5 Å². The molecule has 1 unspecified atom stereocenters. The molecule has 0 fully saturated rings. The van der Waals surface area contributed by atoms with Crippen LogP contribution in [0.3, 0.4) is 0 Å². The van der Waals surface area contributed by atoms with E-state index in [2.05, 4.69) is 58.0 Å². The lowest BCUT2D eigenvalue weighted by molar-refractivity contribution is -0.141. The van der Waals surface area contributed by atoms with Gasteiger partial charge in [-0.1, -0.05) is 94.4 Å². The van der Waals surface area contributed by atoms with Crippen LogP contribution in [0.15, 0.2) is 72.8 Å². The number of carbonyl (C=O) groups excluding carboxylic acids is 1. The van der Waals surface area contributed by atoms with E-state index in [9.17, 15) is 9.90 Å². The van der Waals surface area contributed by atoms with E-state index in [0.717, 1.165) is 16.7 Å². The van der Waals surface area contributed by atoms with E-state index in [1.54, 1.807) is 0 Å². The van der Waals surface area contributed by atoms with Gasteiger partial charge in [0.1, 0.15) is 5.75 Å². The quantitative estimate of drug-likeness (QED) is 0.489. The highest BCUT2D eigenvalue weighted by atomic mass is 16.6. The number of hydrogen-bond donors (Lipinski definition) is 1. The monoisotopic (exact) mass is 386 g/mol. The predicted molar refractivity (Wildman–Crippen MR) is 114 cm³/mol. The summed E-state index contributed by atoms with van der Waals surface area (Å²) in [6.45, 7) is 8.56. The van der Waals surface area contributed by atoms with Crippen molar-refractivity contribution in [1.29, 1.82) is 0 Å². The molecule has 3 aromatic carbocycles. The molecule has 0 amide bonds. The van der Waals surface area contributed by atoms with Gasteiger partial charge in [-0.3, -0.25) is 0 Å². The van der Waals surface area contributed by atoms with E-state index < -0.39 is 17.5 Å². The molecule has 0 spiro atoms. The molecule has 0 saturated heterocycles. The van der Waals surface area contributed by atoms with Gasteiger partial charge in [0.15, 0.2) is 6.10 Å². The van der Waals surface area contributed by atoms with Crippen LogP contribution in [0.1, 0.15) is 61.6 Å². The maximum atomic E-state index is 12.2. The lowest BCUT2D eigenvalue weighted by Crippen LogP contribution is -2.24. The Morgan fingerprint density at radius 3 is 1.83 bits per heavy atom. The van der Waals surface area contributed by atoms with E-state index >= 15 is 0 Å². The third-order valence-corrected chi connectivity index (χ3v) is 6.22. The summed E-state index contributed by atoms with van der Waals surface area (Å²) in [7, 11) is 0. The van der Waals surface area contributed by atoms with E-state index in [1.165, 1.54) is 5.56 Å². The largest absolute Gasteiger partial charge is 0.424 e. The number of ether oxygens (including phenoxy) is 1. The van der Waals surface area contributed by atoms with Crippen LogP contribution in [0.4, 0.5) is 0 Å². The Kier molecular flexibility index (Phi) is 4.59. The van der Waals surface area contributed by atoms with Crippen molar-refractivity contribution in [3.8, 4) is 5.75 Å². The number of aliphatic hydroxyl groups excluding tert-OH is 1. The molecular formula is C26H26O3. The first kappa shape index (κ1) is 19.4. The second-order valence-electron chi connectivity index (χ2n) is 8.75. The molecule has 0 aromatic heterocycles. The minimum atomic E-state index is -1.25. The molecule has 3 aromatic rings. The SMILES string of the molecule is CC(C)(c1ccccc1)c1cc2c(c(C(C)(C)c3ccccc3)c1)OC(=O)C2O. The molecule has 148 valence electrons. The molecule has 0 bridgehead atoms. The zero-order chi connectivity index (χ0) is 20.8. The van der Waals surface area contributed by atoms with Gasteiger partial charge in [-0.05, 0) is 22.8 Å². The summed E-state index contributed by atoms with van der Waals surface area (Å²) in [4.78, 5) is 12.2. The van der Waals surface area contributed by atoms with Crippen LogP contribution in [0.5, 0.6) is 5.75 Å². The van der Waals surface area contributed by atoms with Crippen LogP contribution in [0, 0.1) is 0 Å². The van der Waals surface area contributed by atoms with Gasteiger partial charge in [0.25, 0.3) is 0 Å². The van der Waals surface area contributed by atoms with Crippen LogP contribution in [-0.4, -0.2) is 11.1 Å². The first-order valence-electron chi connectivity index (χ1n) is 9.92. The Morgan fingerprint density at radius 1 is 0.759 bits per heavy atom. The fraction of sp³-hybridized carbons (Fsp3) is 0.269. The van der Waals surface area contributed by atoms with Crippen molar-refractivity contribution >= 4 is 5.97 Å². The van der Waals surface area contributed by atoms with Gasteiger partial charge in [-0.25, -0.2) is 4.79 Å². The first-order valence-corrected chi connectivity index (χ1v) is 9.92. The Bertz CT molecular complexity index is 1050. The van der Waals surface area contributed by atoms with Crippen LogP contribution < -0.4 is 4.74 Å². The number of esters is 1. The number of benzene rings is 3. The minimum absolute atomic E-state index is 0.302. The van der Waals surface area contributed by atoms with Gasteiger partial charge in [0, 0.05) is 22.0 Å². The van der Waals surface area contributed by atoms with Crippen molar-refractivity contribution in [2.75, 3.05) is 0 Å². The smallest absolute Gasteiger partial charge is 0.345 e. The molecule has 4 rings (SSSR count). The summed E-state index contributed by atoms with van der Waals surface area (Å²) in [6.07, 6.45) is -1.25. The van der Waals surface area contributed by atoms with Crippen LogP contribution >= 0.6 is 0 Å². The summed E-state index contributed by atoms with van der Waals surface area (Å²) in [5, 5.41) is 10.5. The van der Waals surface area contributed by atoms with Crippen molar-refractivity contribution in [3.05, 3.63) is 101 Å². The van der Waals surface area contributed by atoms with Gasteiger partial charge < -0.3 is 9.84 Å². The van der Waals surface area contributed by atoms with Crippen molar-refractivity contribution in [2.24, 2.45) is 0 Å². The number of carbonyl (C=O) groups is 1. The second kappa shape index (κ2) is 6.85. The van der Waals surface area contributed by atoms with Crippen molar-refractivity contribution in [2.45, 2.75) is 44.6 Å². The van der Waals surface area contributed by atoms with E-state index in [-0.39, 0.29) is 5.41 Å². The van der Waals surface area contributed by atoms with Gasteiger partial charge in [0.05, 0.1) is 0 Å². The number of hydrogen-bond acceptors (Lipinski definition) is 3. The highest BCUT2D eigenvalue weighted by Crippen LogP contribution is 2.47. The average Bonchev–Trinajstić information content (AvgIpc) is 3.02. The minimum Gasteiger partial charge on any atom is -0.424 e. The summed E-state index contributed by atoms with van der Waals surface area (Å²) in [6, 6.07) is 24.5. The molecule has 0 aliphatic carbocycles. The summed E-state index contributed by atoms with van der Waals surface area (Å²) >= 11 is 0. The number of rotatable bonds is 4. The lowest BCUT2D eigenvalue weighted by Gasteiger charge is -2.32. The highest BCUT2D eigenvalue weighted by Gasteiger charge is 2.40. The predicted octanol–water partition coefficient (Wildman–Crippen LogP) is 5.29. The van der Waals surface area contributed by atoms with Crippen molar-refractivity contribution < 1.29 is 14.6 Å². The molecule has 3 heteroatoms. The van der Waals surface area contributed by atoms with Gasteiger partial charge in [-0.15, -0.1) is 0 Å². The Labute approximate surface area is 172 Å². The third-order valence-electron chi connectivity index (χ3n) is 6.22. The molecule has 1 N–H and O–H groups in total. The number of aliphatic hydroxyl groups is 1. The zero-order valence-electron chi connectivity index (χ0n) is 17.3. The molecule has 0 saturated carbocycles. The summed E-state index contributed by atoms with van der Waals surface area (Å²) in [5.41, 5.74) is 4.08. The van der Waals surface area contributed by atoms with E-state index in [4.69, 9.17) is 4.74 Å². The molecule has 0 radical (unpaired) electrons. The molecule has 1 aliphatic rings. The maximum absolute atomic E-state index is 12.2. The Hall–Kier alpha value is -2.91. The molecule has 29 heavy (non-hydrogen) atoms. The standard InChI is InChI=1S/C26H26O3/c1-25(2,17-11-7-5-8-12-17)19-15-20-22(27)24(28)29-23(20)21(16-19)26(3,4)18-13-9-6-10-14-18/h5-16,22,27H,1-4H3. The molecule has 1 aliphatic heterocycles. The summed E-state index contributed by atoms with van der Waals surface area (Å²) < 4.78 is 5.54. The highest BCUT2D eigenvalue weighted by molar-refractivity contribution is 5.85. The molecular weight excluding hydrogens is 360 g/mol. The average molecular weight is 386 g/mol.